The van der Waals surface area contributed by atoms with Gasteiger partial charge in [-0.25, -0.2) is 23.0 Å². The van der Waals surface area contributed by atoms with Gasteiger partial charge in [-0.05, 0) is 31.9 Å². The van der Waals surface area contributed by atoms with E-state index in [1.165, 1.54) is 22.6 Å². The maximum atomic E-state index is 13.1. The molecule has 0 saturated carbocycles. The number of fused-ring (bicyclic) bond motifs is 2. The third-order valence-corrected chi connectivity index (χ3v) is 9.73. The summed E-state index contributed by atoms with van der Waals surface area (Å²) in [5.74, 6) is -2.42. The smallest absolute Gasteiger partial charge is 0.477 e. The molecule has 212 valence electrons. The van der Waals surface area contributed by atoms with Gasteiger partial charge in [0.25, 0.3) is 0 Å². The van der Waals surface area contributed by atoms with Crippen molar-refractivity contribution in [1.82, 2.24) is 14.3 Å². The van der Waals surface area contributed by atoms with Crippen molar-refractivity contribution in [2.75, 3.05) is 12.9 Å². The van der Waals surface area contributed by atoms with Crippen molar-refractivity contribution in [3.05, 3.63) is 52.9 Å². The Bertz CT molecular complexity index is 1690. The summed E-state index contributed by atoms with van der Waals surface area (Å²) in [4.78, 5) is 43.9. The second-order valence-corrected chi connectivity index (χ2v) is 13.2. The molecule has 1 saturated heterocycles. The van der Waals surface area contributed by atoms with Gasteiger partial charge in [0.05, 0.1) is 29.5 Å². The normalized spacial score (nSPS) is 23.2. The Labute approximate surface area is 233 Å². The summed E-state index contributed by atoms with van der Waals surface area (Å²) < 4.78 is 36.6. The Balaban J connectivity index is 1.52. The molecule has 3 aromatic rings. The minimum Gasteiger partial charge on any atom is -0.477 e. The van der Waals surface area contributed by atoms with E-state index >= 15 is 0 Å². The van der Waals surface area contributed by atoms with Crippen LogP contribution in [0.3, 0.4) is 0 Å². The highest BCUT2D eigenvalue weighted by Gasteiger charge is 2.66. The number of aliphatic hydroxyl groups excluding tert-OH is 1. The van der Waals surface area contributed by atoms with E-state index in [9.17, 15) is 33.0 Å². The molecule has 0 radical (unpaired) electrons. The second-order valence-electron chi connectivity index (χ2n) is 10.2. The first-order chi connectivity index (χ1) is 18.8. The number of carbonyl (C=O) groups excluding carboxylic acids is 2. The fourth-order valence-electron chi connectivity index (χ4n) is 5.62. The monoisotopic (exact) mass is 589 g/mol. The number of carboxylic acid groups (broad SMARTS) is 1. The van der Waals surface area contributed by atoms with Crippen molar-refractivity contribution in [1.29, 1.82) is 0 Å². The van der Waals surface area contributed by atoms with Crippen LogP contribution >= 0.6 is 11.3 Å². The number of thiazole rings is 1. The number of nitrogens with zero attached hydrogens (tertiary/aromatic N) is 3. The van der Waals surface area contributed by atoms with E-state index in [2.05, 4.69) is 4.98 Å². The van der Waals surface area contributed by atoms with Crippen LogP contribution in [0.25, 0.3) is 10.4 Å². The van der Waals surface area contributed by atoms with Crippen LogP contribution in [0, 0.1) is 18.3 Å². The van der Waals surface area contributed by atoms with Crippen molar-refractivity contribution in [2.45, 2.75) is 44.4 Å². The fourth-order valence-corrected chi connectivity index (χ4v) is 8.01. The summed E-state index contributed by atoms with van der Waals surface area (Å²) in [6, 6.07) is 6.18. The van der Waals surface area contributed by atoms with Gasteiger partial charge in [-0.2, -0.15) is 0 Å². The Morgan fingerprint density at radius 2 is 1.98 bits per heavy atom. The highest BCUT2D eigenvalue weighted by molar-refractivity contribution is 7.91. The number of aromatic nitrogens is 2. The van der Waals surface area contributed by atoms with E-state index in [1.54, 1.807) is 44.3 Å². The summed E-state index contributed by atoms with van der Waals surface area (Å²) in [6.45, 7) is 4.81. The van der Waals surface area contributed by atoms with Crippen LogP contribution < -0.4 is 4.74 Å². The lowest BCUT2D eigenvalue weighted by Gasteiger charge is -2.50. The molecule has 2 aromatic heterocycles. The molecule has 5 rings (SSSR count). The van der Waals surface area contributed by atoms with Gasteiger partial charge in [-0.3, -0.25) is 9.20 Å². The van der Waals surface area contributed by atoms with Crippen molar-refractivity contribution >= 4 is 49.6 Å². The number of imidazole rings is 1. The third-order valence-electron chi connectivity index (χ3n) is 7.47. The molecule has 4 atom stereocenters. The fraction of sp³-hybridized carbons (Fsp3) is 0.385. The lowest BCUT2D eigenvalue weighted by atomic mass is 9.66. The minimum absolute atomic E-state index is 0.0869. The van der Waals surface area contributed by atoms with E-state index in [1.807, 2.05) is 0 Å². The average Bonchev–Trinajstić information content (AvgIpc) is 3.48. The van der Waals surface area contributed by atoms with Crippen LogP contribution in [0.2, 0.25) is 0 Å². The number of para-hydroxylation sites is 1. The topological polar surface area (TPSA) is 165 Å². The number of aliphatic carboxylic acids is 1. The lowest BCUT2D eigenvalue weighted by molar-refractivity contribution is -0.167. The number of aliphatic hydroxyl groups is 1. The zero-order chi connectivity index (χ0) is 29.1. The van der Waals surface area contributed by atoms with Crippen LogP contribution in [0.15, 0.2) is 47.5 Å². The summed E-state index contributed by atoms with van der Waals surface area (Å²) in [6.07, 6.45) is 2.00. The van der Waals surface area contributed by atoms with Crippen molar-refractivity contribution in [3.63, 3.8) is 0 Å². The highest BCUT2D eigenvalue weighted by atomic mass is 32.2. The Kier molecular flexibility index (Phi) is 6.75. The molecule has 1 unspecified atom stereocenters. The van der Waals surface area contributed by atoms with E-state index in [-0.39, 0.29) is 29.3 Å². The van der Waals surface area contributed by atoms with Crippen molar-refractivity contribution < 1.29 is 42.5 Å². The van der Waals surface area contributed by atoms with Gasteiger partial charge in [0.2, 0.25) is 5.91 Å². The predicted octanol–water partition coefficient (Wildman–Crippen LogP) is 2.74. The molecule has 0 spiro atoms. The number of sulfone groups is 1. The first-order valence-corrected chi connectivity index (χ1v) is 15.0. The molecular formula is C26H27N3O9S2. The number of rotatable bonds is 8. The quantitative estimate of drug-likeness (QED) is 0.227. The average molecular weight is 590 g/mol. The van der Waals surface area contributed by atoms with Crippen molar-refractivity contribution in [3.8, 4) is 5.75 Å². The van der Waals surface area contributed by atoms with E-state index in [0.717, 1.165) is 23.2 Å². The van der Waals surface area contributed by atoms with Crippen molar-refractivity contribution in [2.24, 2.45) is 11.3 Å². The molecule has 12 nitrogen and oxygen atoms in total. The molecule has 40 heavy (non-hydrogen) atoms. The maximum absolute atomic E-state index is 13.1. The van der Waals surface area contributed by atoms with Crippen LogP contribution in [-0.2, 0) is 24.2 Å². The standard InChI is InChI=1S/C26H27N3O9S2/c1-13-7-5-6-8-15(13)38-25(34)37-10-9-26(3)18(16-11-28-12-27-21(23(28)39-16)40(4,35)36)19(24(32)33)29-20(26)17(14(2)30)22(29)31/h5-8,11-12,14,17,20,30H,9-10H2,1-4H3,(H,32,33)/t14?,17-,20-,26+/m1/s1. The molecule has 1 aromatic carbocycles. The summed E-state index contributed by atoms with van der Waals surface area (Å²) in [5, 5.41) is 20.5. The molecular weight excluding hydrogens is 562 g/mol. The molecule has 2 N–H and O–H groups in total. The summed E-state index contributed by atoms with van der Waals surface area (Å²) in [5.41, 5.74) is -0.326. The Morgan fingerprint density at radius 1 is 1.27 bits per heavy atom. The third kappa shape index (κ3) is 4.35. The summed E-state index contributed by atoms with van der Waals surface area (Å²) in [7, 11) is -3.67. The van der Waals surface area contributed by atoms with Crippen LogP contribution in [-0.4, -0.2) is 76.0 Å². The number of β-lactam (4-membered cyclic amide) rings is 1. The van der Waals surface area contributed by atoms with E-state index < -0.39 is 51.3 Å². The van der Waals surface area contributed by atoms with Gasteiger partial charge < -0.3 is 24.6 Å². The van der Waals surface area contributed by atoms with Gasteiger partial charge in [0, 0.05) is 23.4 Å². The van der Waals surface area contributed by atoms with Gasteiger partial charge in [-0.1, -0.05) is 25.1 Å². The Hall–Kier alpha value is -3.75. The van der Waals surface area contributed by atoms with Gasteiger partial charge in [0.15, 0.2) is 14.9 Å². The first kappa shape index (κ1) is 27.8. The molecule has 4 heterocycles. The zero-order valence-corrected chi connectivity index (χ0v) is 23.7. The number of ether oxygens (including phenoxy) is 2. The number of hydrogen-bond donors (Lipinski definition) is 2. The summed E-state index contributed by atoms with van der Waals surface area (Å²) >= 11 is 1.03. The first-order valence-electron chi connectivity index (χ1n) is 12.3. The van der Waals surface area contributed by atoms with Gasteiger partial charge in [-0.15, -0.1) is 11.3 Å². The largest absolute Gasteiger partial charge is 0.513 e. The van der Waals surface area contributed by atoms with Crippen LogP contribution in [0.4, 0.5) is 4.79 Å². The van der Waals surface area contributed by atoms with Crippen LogP contribution in [0.5, 0.6) is 5.75 Å². The molecule has 2 aliphatic rings. The molecule has 0 aliphatic carbocycles. The van der Waals surface area contributed by atoms with Gasteiger partial charge >= 0.3 is 12.1 Å². The van der Waals surface area contributed by atoms with E-state index in [0.29, 0.717) is 15.5 Å². The van der Waals surface area contributed by atoms with Crippen LogP contribution in [0.1, 0.15) is 30.7 Å². The Morgan fingerprint density at radius 3 is 2.60 bits per heavy atom. The maximum Gasteiger partial charge on any atom is 0.513 e. The lowest BCUT2D eigenvalue weighted by Crippen LogP contribution is -2.66. The highest BCUT2D eigenvalue weighted by Crippen LogP contribution is 2.60. The van der Waals surface area contributed by atoms with E-state index in [4.69, 9.17) is 9.47 Å². The molecule has 14 heteroatoms. The number of aryl methyl sites for hydroxylation is 1. The SMILES string of the molecule is Cc1ccccc1OC(=O)OCC[C@@]1(C)C(c2cn3cnc(S(C)(=O)=O)c3s2)=C(C(=O)O)N2C(=O)[C@H](C(C)O)[C@@H]21. The zero-order valence-electron chi connectivity index (χ0n) is 22.0. The predicted molar refractivity (Wildman–Crippen MR) is 142 cm³/mol. The number of carbonyl (C=O) groups is 3. The number of hydrogen-bond acceptors (Lipinski definition) is 10. The molecule has 2 aliphatic heterocycles. The van der Waals surface area contributed by atoms with Gasteiger partial charge in [0.1, 0.15) is 22.6 Å². The second kappa shape index (κ2) is 9.71. The number of amides is 1. The number of benzene rings is 1. The molecule has 1 amide bonds. The molecule has 0 bridgehead atoms. The molecule has 1 fully saturated rings. The minimum atomic E-state index is -3.67. The number of carboxylic acids is 1.